The van der Waals surface area contributed by atoms with Crippen molar-refractivity contribution < 1.29 is 4.74 Å². The molecule has 0 amide bonds. The zero-order chi connectivity index (χ0) is 15.1. The van der Waals surface area contributed by atoms with E-state index in [1.165, 1.54) is 36.8 Å². The molecule has 2 aliphatic carbocycles. The van der Waals surface area contributed by atoms with Crippen LogP contribution in [0.25, 0.3) is 0 Å². The average Bonchev–Trinajstić information content (AvgIpc) is 3.18. The van der Waals surface area contributed by atoms with Gasteiger partial charge in [0, 0.05) is 12.0 Å². The van der Waals surface area contributed by atoms with Gasteiger partial charge in [0.2, 0.25) is 0 Å². The fourth-order valence-electron chi connectivity index (χ4n) is 4.10. The first-order valence-corrected chi connectivity index (χ1v) is 8.35. The minimum atomic E-state index is 0.340. The molecule has 0 atom stereocenters. The topological polar surface area (TPSA) is 21.3 Å². The van der Waals surface area contributed by atoms with Crippen LogP contribution in [0.5, 0.6) is 5.75 Å². The summed E-state index contributed by atoms with van der Waals surface area (Å²) in [6.07, 6.45) is 5.61. The summed E-state index contributed by atoms with van der Waals surface area (Å²) in [5.74, 6) is 1.75. The van der Waals surface area contributed by atoms with Gasteiger partial charge in [-0.2, -0.15) is 0 Å². The molecule has 2 fully saturated rings. The first-order valence-electron chi connectivity index (χ1n) is 8.35. The highest BCUT2D eigenvalue weighted by atomic mass is 16.5. The number of hydrogen-bond donors (Lipinski definition) is 1. The van der Waals surface area contributed by atoms with Gasteiger partial charge in [0.1, 0.15) is 5.75 Å². The van der Waals surface area contributed by atoms with Gasteiger partial charge >= 0.3 is 0 Å². The van der Waals surface area contributed by atoms with Crippen LogP contribution in [0.2, 0.25) is 0 Å². The van der Waals surface area contributed by atoms with Gasteiger partial charge in [-0.05, 0) is 67.7 Å². The van der Waals surface area contributed by atoms with E-state index in [9.17, 15) is 0 Å². The third-order valence-electron chi connectivity index (χ3n) is 5.42. The first-order chi connectivity index (χ1) is 9.99. The maximum Gasteiger partial charge on any atom is 0.122 e. The van der Waals surface area contributed by atoms with Gasteiger partial charge in [0.05, 0.1) is 7.11 Å². The molecule has 0 heterocycles. The van der Waals surface area contributed by atoms with Crippen LogP contribution in [-0.4, -0.2) is 20.2 Å². The molecule has 1 aromatic carbocycles. The quantitative estimate of drug-likeness (QED) is 0.852. The van der Waals surface area contributed by atoms with Crippen LogP contribution in [0.15, 0.2) is 18.2 Å². The van der Waals surface area contributed by atoms with Crippen molar-refractivity contribution in [2.45, 2.75) is 51.9 Å². The zero-order valence-corrected chi connectivity index (χ0v) is 14.0. The molecule has 0 unspecified atom stereocenters. The molecule has 0 saturated heterocycles. The van der Waals surface area contributed by atoms with Crippen molar-refractivity contribution in [1.29, 1.82) is 0 Å². The van der Waals surface area contributed by atoms with E-state index in [4.69, 9.17) is 4.74 Å². The van der Waals surface area contributed by atoms with E-state index in [1.807, 2.05) is 0 Å². The predicted molar refractivity (Wildman–Crippen MR) is 88.0 cm³/mol. The molecular formula is C19H29NO. The minimum absolute atomic E-state index is 0.340. The molecule has 1 N–H and O–H groups in total. The predicted octanol–water partition coefficient (Wildman–Crippen LogP) is 4.06. The van der Waals surface area contributed by atoms with Crippen LogP contribution in [0.4, 0.5) is 0 Å². The summed E-state index contributed by atoms with van der Waals surface area (Å²) in [4.78, 5) is 0. The molecule has 3 rings (SSSR count). The van der Waals surface area contributed by atoms with Crippen LogP contribution in [-0.2, 0) is 5.41 Å². The molecule has 0 bridgehead atoms. The molecule has 0 radical (unpaired) electrons. The Morgan fingerprint density at radius 3 is 2.52 bits per heavy atom. The second kappa shape index (κ2) is 5.31. The maximum atomic E-state index is 5.54. The van der Waals surface area contributed by atoms with Crippen molar-refractivity contribution in [3.8, 4) is 5.75 Å². The van der Waals surface area contributed by atoms with Crippen LogP contribution in [0.1, 0.15) is 50.7 Å². The van der Waals surface area contributed by atoms with E-state index < -0.39 is 0 Å². The lowest BCUT2D eigenvalue weighted by Gasteiger charge is -2.50. The molecule has 2 saturated carbocycles. The number of aryl methyl sites for hydroxylation is 1. The summed E-state index contributed by atoms with van der Waals surface area (Å²) >= 11 is 0. The Morgan fingerprint density at radius 1 is 1.24 bits per heavy atom. The molecular weight excluding hydrogens is 258 g/mol. The minimum Gasteiger partial charge on any atom is -0.496 e. The zero-order valence-electron chi connectivity index (χ0n) is 14.0. The van der Waals surface area contributed by atoms with Crippen molar-refractivity contribution in [3.05, 3.63) is 29.3 Å². The summed E-state index contributed by atoms with van der Waals surface area (Å²) in [6.45, 7) is 8.89. The molecule has 116 valence electrons. The van der Waals surface area contributed by atoms with Gasteiger partial charge in [0.15, 0.2) is 0 Å². The second-order valence-corrected chi connectivity index (χ2v) is 7.84. The molecule has 1 aromatic rings. The average molecular weight is 287 g/mol. The second-order valence-electron chi connectivity index (χ2n) is 7.84. The van der Waals surface area contributed by atoms with E-state index in [-0.39, 0.29) is 0 Å². The van der Waals surface area contributed by atoms with Crippen molar-refractivity contribution in [2.75, 3.05) is 20.2 Å². The number of methoxy groups -OCH3 is 1. The Morgan fingerprint density at radius 2 is 1.95 bits per heavy atom. The summed E-state index contributed by atoms with van der Waals surface area (Å²) in [7, 11) is 1.78. The highest BCUT2D eigenvalue weighted by Gasteiger charge is 2.60. The van der Waals surface area contributed by atoms with E-state index in [0.29, 0.717) is 16.7 Å². The van der Waals surface area contributed by atoms with Crippen molar-refractivity contribution in [3.63, 3.8) is 0 Å². The lowest BCUT2D eigenvalue weighted by Crippen LogP contribution is -2.50. The molecule has 2 nitrogen and oxygen atoms in total. The van der Waals surface area contributed by atoms with Crippen molar-refractivity contribution in [1.82, 2.24) is 5.32 Å². The lowest BCUT2D eigenvalue weighted by atomic mass is 9.56. The third-order valence-corrected chi connectivity index (χ3v) is 5.42. The third kappa shape index (κ3) is 2.83. The molecule has 2 aliphatic rings. The summed E-state index contributed by atoms with van der Waals surface area (Å²) in [5, 5.41) is 3.70. The van der Waals surface area contributed by atoms with Gasteiger partial charge in [0.25, 0.3) is 0 Å². The number of hydrogen-bond acceptors (Lipinski definition) is 2. The van der Waals surface area contributed by atoms with Gasteiger partial charge in [-0.3, -0.25) is 0 Å². The van der Waals surface area contributed by atoms with E-state index in [2.05, 4.69) is 44.3 Å². The van der Waals surface area contributed by atoms with Gasteiger partial charge < -0.3 is 10.1 Å². The first kappa shape index (κ1) is 14.9. The number of benzene rings is 1. The van der Waals surface area contributed by atoms with Crippen LogP contribution >= 0.6 is 0 Å². The van der Waals surface area contributed by atoms with Crippen molar-refractivity contribution in [2.24, 2.45) is 11.3 Å². The van der Waals surface area contributed by atoms with Crippen LogP contribution in [0.3, 0.4) is 0 Å². The van der Waals surface area contributed by atoms with Crippen molar-refractivity contribution >= 4 is 0 Å². The summed E-state index contributed by atoms with van der Waals surface area (Å²) < 4.78 is 5.54. The number of rotatable bonds is 6. The smallest absolute Gasteiger partial charge is 0.122 e. The molecule has 21 heavy (non-hydrogen) atoms. The number of ether oxygens (including phenoxy) is 1. The van der Waals surface area contributed by atoms with Gasteiger partial charge in [-0.1, -0.05) is 26.0 Å². The fraction of sp³-hybridized carbons (Fsp3) is 0.684. The highest BCUT2D eigenvalue weighted by Crippen LogP contribution is 2.68. The highest BCUT2D eigenvalue weighted by molar-refractivity contribution is 5.42. The molecule has 0 aromatic heterocycles. The maximum absolute atomic E-state index is 5.54. The normalized spacial score (nSPS) is 21.4. The Kier molecular flexibility index (Phi) is 3.77. The standard InChI is InChI=1S/C19H29NO/c1-14(2)10-20-13-19(11-18(12-19)7-8-18)16-6-5-15(3)17(9-16)21-4/h5-6,9,14,20H,7-8,10-13H2,1-4H3. The largest absolute Gasteiger partial charge is 0.496 e. The van der Waals surface area contributed by atoms with Crippen LogP contribution < -0.4 is 10.1 Å². The molecule has 2 heteroatoms. The Bertz CT molecular complexity index is 508. The number of nitrogens with one attached hydrogen (secondary N) is 1. The Labute approximate surface area is 129 Å². The Balaban J connectivity index is 1.79. The fourth-order valence-corrected chi connectivity index (χ4v) is 4.10. The van der Waals surface area contributed by atoms with E-state index in [1.54, 1.807) is 7.11 Å². The summed E-state index contributed by atoms with van der Waals surface area (Å²) in [6, 6.07) is 6.82. The van der Waals surface area contributed by atoms with Gasteiger partial charge in [-0.25, -0.2) is 0 Å². The summed E-state index contributed by atoms with van der Waals surface area (Å²) in [5.41, 5.74) is 3.75. The van der Waals surface area contributed by atoms with Gasteiger partial charge in [-0.15, -0.1) is 0 Å². The van der Waals surface area contributed by atoms with Crippen LogP contribution in [0, 0.1) is 18.3 Å². The lowest BCUT2D eigenvalue weighted by molar-refractivity contribution is 0.115. The Hall–Kier alpha value is -1.02. The molecule has 1 spiro atoms. The van der Waals surface area contributed by atoms with E-state index in [0.717, 1.165) is 18.8 Å². The SMILES string of the molecule is COc1cc(C2(CNCC(C)C)CC3(CC3)C2)ccc1C. The monoisotopic (exact) mass is 287 g/mol. The van der Waals surface area contributed by atoms with E-state index >= 15 is 0 Å². The molecule has 0 aliphatic heterocycles.